The van der Waals surface area contributed by atoms with Crippen LogP contribution >= 0.6 is 0 Å². The highest BCUT2D eigenvalue weighted by Crippen LogP contribution is 2.12. The van der Waals surface area contributed by atoms with Crippen LogP contribution < -0.4 is 10.6 Å². The first kappa shape index (κ1) is 11.3. The van der Waals surface area contributed by atoms with E-state index in [0.29, 0.717) is 6.54 Å². The molecule has 5 heteroatoms. The molecule has 1 aromatic rings. The maximum atomic E-state index is 5.60. The van der Waals surface area contributed by atoms with E-state index in [0.717, 1.165) is 43.4 Å². The van der Waals surface area contributed by atoms with E-state index in [1.54, 1.807) is 0 Å². The van der Waals surface area contributed by atoms with Gasteiger partial charge < -0.3 is 15.5 Å². The van der Waals surface area contributed by atoms with Gasteiger partial charge in [0.25, 0.3) is 0 Å². The molecule has 5 nitrogen and oxygen atoms in total. The molecular weight excluding hydrogens is 202 g/mol. The Balaban J connectivity index is 2.12. The van der Waals surface area contributed by atoms with Crippen molar-refractivity contribution in [2.24, 2.45) is 5.73 Å². The molecule has 1 aliphatic heterocycles. The molecule has 0 saturated carbocycles. The standard InChI is InChI=1S/C11H19N5/c1-9-10(7-12)8-13-11(14-9)16-5-3-15(2)4-6-16/h8H,3-7,12H2,1-2H3. The Bertz CT molecular complexity index is 357. The van der Waals surface area contributed by atoms with Crippen LogP contribution in [0, 0.1) is 6.92 Å². The molecule has 0 aromatic carbocycles. The summed E-state index contributed by atoms with van der Waals surface area (Å²) in [6, 6.07) is 0. The Labute approximate surface area is 96.3 Å². The summed E-state index contributed by atoms with van der Waals surface area (Å²) in [5, 5.41) is 0. The number of hydrogen-bond donors (Lipinski definition) is 1. The minimum absolute atomic E-state index is 0.509. The van der Waals surface area contributed by atoms with Crippen LogP contribution in [0.4, 0.5) is 5.95 Å². The van der Waals surface area contributed by atoms with Crippen LogP contribution in [-0.2, 0) is 6.54 Å². The van der Waals surface area contributed by atoms with Gasteiger partial charge in [-0.1, -0.05) is 0 Å². The van der Waals surface area contributed by atoms with Crippen molar-refractivity contribution in [3.63, 3.8) is 0 Å². The first-order chi connectivity index (χ1) is 7.70. The number of aromatic nitrogens is 2. The predicted molar refractivity (Wildman–Crippen MR) is 64.4 cm³/mol. The molecule has 0 aliphatic carbocycles. The smallest absolute Gasteiger partial charge is 0.225 e. The summed E-state index contributed by atoms with van der Waals surface area (Å²) in [7, 11) is 2.14. The van der Waals surface area contributed by atoms with Crippen LogP contribution in [0.3, 0.4) is 0 Å². The lowest BCUT2D eigenvalue weighted by atomic mass is 10.2. The van der Waals surface area contributed by atoms with E-state index in [9.17, 15) is 0 Å². The summed E-state index contributed by atoms with van der Waals surface area (Å²) in [6.07, 6.45) is 1.84. The van der Waals surface area contributed by atoms with Crippen LogP contribution in [0.1, 0.15) is 11.3 Å². The maximum Gasteiger partial charge on any atom is 0.225 e. The quantitative estimate of drug-likeness (QED) is 0.761. The van der Waals surface area contributed by atoms with Gasteiger partial charge in [0.05, 0.1) is 0 Å². The molecule has 1 aromatic heterocycles. The third kappa shape index (κ3) is 2.31. The van der Waals surface area contributed by atoms with E-state index in [-0.39, 0.29) is 0 Å². The van der Waals surface area contributed by atoms with Crippen molar-refractivity contribution < 1.29 is 0 Å². The van der Waals surface area contributed by atoms with Gasteiger partial charge in [0.15, 0.2) is 0 Å². The Hall–Kier alpha value is -1.20. The first-order valence-electron chi connectivity index (χ1n) is 5.67. The van der Waals surface area contributed by atoms with Crippen LogP contribution in [0.2, 0.25) is 0 Å². The van der Waals surface area contributed by atoms with Crippen molar-refractivity contribution in [1.29, 1.82) is 0 Å². The topological polar surface area (TPSA) is 58.3 Å². The fraction of sp³-hybridized carbons (Fsp3) is 0.636. The molecular formula is C11H19N5. The summed E-state index contributed by atoms with van der Waals surface area (Å²) >= 11 is 0. The van der Waals surface area contributed by atoms with E-state index < -0.39 is 0 Å². The summed E-state index contributed by atoms with van der Waals surface area (Å²) in [5.41, 5.74) is 7.61. The number of aryl methyl sites for hydroxylation is 1. The molecule has 2 N–H and O–H groups in total. The molecule has 0 atom stereocenters. The summed E-state index contributed by atoms with van der Waals surface area (Å²) in [5.74, 6) is 0.836. The summed E-state index contributed by atoms with van der Waals surface area (Å²) < 4.78 is 0. The van der Waals surface area contributed by atoms with Crippen LogP contribution in [0.5, 0.6) is 0 Å². The van der Waals surface area contributed by atoms with Gasteiger partial charge in [-0.3, -0.25) is 0 Å². The molecule has 0 radical (unpaired) electrons. The van der Waals surface area contributed by atoms with Gasteiger partial charge in [0.2, 0.25) is 5.95 Å². The van der Waals surface area contributed by atoms with E-state index >= 15 is 0 Å². The second-order valence-corrected chi connectivity index (χ2v) is 4.28. The molecule has 1 aliphatic rings. The number of hydrogen-bond acceptors (Lipinski definition) is 5. The second-order valence-electron chi connectivity index (χ2n) is 4.28. The normalized spacial score (nSPS) is 17.8. The van der Waals surface area contributed by atoms with Crippen molar-refractivity contribution in [2.45, 2.75) is 13.5 Å². The van der Waals surface area contributed by atoms with Crippen molar-refractivity contribution in [3.8, 4) is 0 Å². The molecule has 0 unspecified atom stereocenters. The fourth-order valence-corrected chi connectivity index (χ4v) is 1.84. The Morgan fingerprint density at radius 1 is 1.31 bits per heavy atom. The van der Waals surface area contributed by atoms with Crippen LogP contribution in [0.25, 0.3) is 0 Å². The lowest BCUT2D eigenvalue weighted by Crippen LogP contribution is -2.45. The minimum atomic E-state index is 0.509. The second kappa shape index (κ2) is 4.76. The lowest BCUT2D eigenvalue weighted by molar-refractivity contribution is 0.311. The highest BCUT2D eigenvalue weighted by molar-refractivity contribution is 5.33. The van der Waals surface area contributed by atoms with Gasteiger partial charge in [-0.15, -0.1) is 0 Å². The first-order valence-corrected chi connectivity index (χ1v) is 5.67. The Morgan fingerprint density at radius 2 is 2.00 bits per heavy atom. The van der Waals surface area contributed by atoms with Gasteiger partial charge in [0, 0.05) is 50.2 Å². The van der Waals surface area contributed by atoms with Gasteiger partial charge >= 0.3 is 0 Å². The largest absolute Gasteiger partial charge is 0.338 e. The molecule has 16 heavy (non-hydrogen) atoms. The molecule has 0 amide bonds. The summed E-state index contributed by atoms with van der Waals surface area (Å²) in [6.45, 7) is 6.64. The summed E-state index contributed by atoms with van der Waals surface area (Å²) in [4.78, 5) is 13.4. The fourth-order valence-electron chi connectivity index (χ4n) is 1.84. The SMILES string of the molecule is Cc1nc(N2CCN(C)CC2)ncc1CN. The minimum Gasteiger partial charge on any atom is -0.338 e. The van der Waals surface area contributed by atoms with Gasteiger partial charge in [-0.05, 0) is 14.0 Å². The zero-order valence-corrected chi connectivity index (χ0v) is 9.98. The van der Waals surface area contributed by atoms with E-state index in [1.165, 1.54) is 0 Å². The number of likely N-dealkylation sites (N-methyl/N-ethyl adjacent to an activating group) is 1. The van der Waals surface area contributed by atoms with Crippen LogP contribution in [-0.4, -0.2) is 48.1 Å². The maximum absolute atomic E-state index is 5.60. The molecule has 0 bridgehead atoms. The Morgan fingerprint density at radius 3 is 2.56 bits per heavy atom. The molecule has 88 valence electrons. The zero-order chi connectivity index (χ0) is 11.5. The monoisotopic (exact) mass is 221 g/mol. The molecule has 1 fully saturated rings. The van der Waals surface area contributed by atoms with Gasteiger partial charge in [0.1, 0.15) is 0 Å². The predicted octanol–water partition coefficient (Wildman–Crippen LogP) is -0.00448. The number of nitrogens with zero attached hydrogens (tertiary/aromatic N) is 4. The lowest BCUT2D eigenvalue weighted by Gasteiger charge is -2.32. The van der Waals surface area contributed by atoms with Gasteiger partial charge in [-0.25, -0.2) is 9.97 Å². The molecule has 1 saturated heterocycles. The van der Waals surface area contributed by atoms with Crippen LogP contribution in [0.15, 0.2) is 6.20 Å². The van der Waals surface area contributed by atoms with Gasteiger partial charge in [-0.2, -0.15) is 0 Å². The van der Waals surface area contributed by atoms with Crippen molar-refractivity contribution >= 4 is 5.95 Å². The number of piperazine rings is 1. The van der Waals surface area contributed by atoms with E-state index in [2.05, 4.69) is 26.8 Å². The third-order valence-electron chi connectivity index (χ3n) is 3.07. The number of rotatable bonds is 2. The van der Waals surface area contributed by atoms with Crippen molar-refractivity contribution in [1.82, 2.24) is 14.9 Å². The van der Waals surface area contributed by atoms with Crippen molar-refractivity contribution in [2.75, 3.05) is 38.1 Å². The Kier molecular flexibility index (Phi) is 3.36. The number of anilines is 1. The third-order valence-corrected chi connectivity index (χ3v) is 3.07. The highest BCUT2D eigenvalue weighted by atomic mass is 15.3. The van der Waals surface area contributed by atoms with E-state index in [1.807, 2.05) is 13.1 Å². The van der Waals surface area contributed by atoms with E-state index in [4.69, 9.17) is 5.73 Å². The highest BCUT2D eigenvalue weighted by Gasteiger charge is 2.16. The molecule has 0 spiro atoms. The average Bonchev–Trinajstić information content (AvgIpc) is 2.30. The van der Waals surface area contributed by atoms with Crippen molar-refractivity contribution in [3.05, 3.63) is 17.5 Å². The molecule has 2 heterocycles. The molecule has 2 rings (SSSR count). The zero-order valence-electron chi connectivity index (χ0n) is 9.98. The average molecular weight is 221 g/mol. The number of nitrogens with two attached hydrogens (primary N) is 1.